The van der Waals surface area contributed by atoms with Crippen molar-refractivity contribution in [3.63, 3.8) is 0 Å². The van der Waals surface area contributed by atoms with Gasteiger partial charge in [-0.25, -0.2) is 0 Å². The van der Waals surface area contributed by atoms with E-state index in [0.29, 0.717) is 6.54 Å². The van der Waals surface area contributed by atoms with Crippen LogP contribution in [0.1, 0.15) is 38.5 Å². The molecule has 6 heteroatoms. The minimum Gasteiger partial charge on any atom is -0.481 e. The average molecular weight is 357 g/mol. The Labute approximate surface area is 154 Å². The Bertz CT molecular complexity index is 665. The summed E-state index contributed by atoms with van der Waals surface area (Å²) in [5.41, 5.74) is 1.18. The highest BCUT2D eigenvalue weighted by Crippen LogP contribution is 2.27. The van der Waals surface area contributed by atoms with E-state index >= 15 is 0 Å². The number of carboxylic acid groups (broad SMARTS) is 1. The van der Waals surface area contributed by atoms with Crippen molar-refractivity contribution >= 4 is 17.7 Å². The smallest absolute Gasteiger partial charge is 0.305 e. The number of rotatable bonds is 8. The minimum absolute atomic E-state index is 0.00488. The summed E-state index contributed by atoms with van der Waals surface area (Å²) in [4.78, 5) is 30.0. The standard InChI is InChI=1S/C20H27N3O3/c1-2-17(13-18(24)25)23-12-10-15(20(23)26)5-3-7-16-9-8-14-6-4-11-21-19(14)22-16/h2,6,8-9,15-17H,1,3-5,7,10-13H2,(H,21,22)(H,24,25)/t15-,16?,17?/m0/s1. The third kappa shape index (κ3) is 4.23. The number of likely N-dealkylation sites (tertiary alicyclic amines) is 1. The lowest BCUT2D eigenvalue weighted by Gasteiger charge is -2.24. The van der Waals surface area contributed by atoms with E-state index in [2.05, 4.69) is 30.1 Å². The highest BCUT2D eigenvalue weighted by molar-refractivity contribution is 6.02. The lowest BCUT2D eigenvalue weighted by Crippen LogP contribution is -2.37. The van der Waals surface area contributed by atoms with Gasteiger partial charge in [-0.05, 0) is 25.7 Å². The molecule has 140 valence electrons. The third-order valence-electron chi connectivity index (χ3n) is 5.33. The van der Waals surface area contributed by atoms with Crippen molar-refractivity contribution in [2.24, 2.45) is 10.9 Å². The first kappa shape index (κ1) is 18.4. The largest absolute Gasteiger partial charge is 0.481 e. The summed E-state index contributed by atoms with van der Waals surface area (Å²) in [6, 6.07) is -0.228. The zero-order valence-electron chi connectivity index (χ0n) is 15.1. The van der Waals surface area contributed by atoms with Crippen LogP contribution >= 0.6 is 0 Å². The van der Waals surface area contributed by atoms with Gasteiger partial charge in [-0.2, -0.15) is 0 Å². The van der Waals surface area contributed by atoms with Gasteiger partial charge < -0.3 is 15.3 Å². The van der Waals surface area contributed by atoms with E-state index in [1.165, 1.54) is 5.57 Å². The third-order valence-corrected chi connectivity index (χ3v) is 5.33. The monoisotopic (exact) mass is 357 g/mol. The fourth-order valence-corrected chi connectivity index (χ4v) is 3.90. The molecule has 3 rings (SSSR count). The molecule has 0 aromatic carbocycles. The second-order valence-corrected chi connectivity index (χ2v) is 7.13. The SMILES string of the molecule is C=CC(CC(=O)O)N1CC[C@H](CCCC2C=CC3=CCCNC3=N2)C1=O. The number of amides is 1. The maximum Gasteiger partial charge on any atom is 0.305 e. The van der Waals surface area contributed by atoms with Crippen LogP contribution in [0.25, 0.3) is 0 Å². The molecule has 0 aromatic rings. The summed E-state index contributed by atoms with van der Waals surface area (Å²) in [5.74, 6) is 0.156. The Kier molecular flexibility index (Phi) is 5.91. The molecule has 3 heterocycles. The molecule has 1 saturated heterocycles. The molecule has 0 aromatic heterocycles. The second kappa shape index (κ2) is 8.34. The van der Waals surface area contributed by atoms with E-state index in [4.69, 9.17) is 10.1 Å². The predicted octanol–water partition coefficient (Wildman–Crippen LogP) is 2.29. The van der Waals surface area contributed by atoms with Gasteiger partial charge in [0.15, 0.2) is 0 Å². The van der Waals surface area contributed by atoms with Crippen LogP contribution < -0.4 is 5.32 Å². The Hall–Kier alpha value is -2.37. The molecule has 1 fully saturated rings. The van der Waals surface area contributed by atoms with Gasteiger partial charge in [0.1, 0.15) is 5.84 Å². The lowest BCUT2D eigenvalue weighted by atomic mass is 9.97. The average Bonchev–Trinajstić information content (AvgIpc) is 3.00. The Morgan fingerprint density at radius 3 is 3.12 bits per heavy atom. The normalized spacial score (nSPS) is 25.8. The molecule has 2 unspecified atom stereocenters. The number of carbonyl (C=O) groups excluding carboxylic acids is 1. The van der Waals surface area contributed by atoms with Crippen molar-refractivity contribution in [3.05, 3.63) is 36.5 Å². The molecule has 3 aliphatic rings. The van der Waals surface area contributed by atoms with Gasteiger partial charge in [0.25, 0.3) is 0 Å². The van der Waals surface area contributed by atoms with Crippen molar-refractivity contribution < 1.29 is 14.7 Å². The summed E-state index contributed by atoms with van der Waals surface area (Å²) >= 11 is 0. The van der Waals surface area contributed by atoms with E-state index in [-0.39, 0.29) is 24.3 Å². The zero-order chi connectivity index (χ0) is 18.5. The van der Waals surface area contributed by atoms with E-state index in [9.17, 15) is 9.59 Å². The van der Waals surface area contributed by atoms with Gasteiger partial charge in [0.05, 0.1) is 18.5 Å². The maximum absolute atomic E-state index is 12.6. The molecule has 0 aliphatic carbocycles. The van der Waals surface area contributed by atoms with Crippen LogP contribution in [-0.2, 0) is 9.59 Å². The van der Waals surface area contributed by atoms with Crippen molar-refractivity contribution in [3.8, 4) is 0 Å². The Balaban J connectivity index is 1.47. The number of carboxylic acids is 1. The van der Waals surface area contributed by atoms with Gasteiger partial charge in [-0.15, -0.1) is 6.58 Å². The van der Waals surface area contributed by atoms with Crippen molar-refractivity contribution in [2.45, 2.75) is 50.6 Å². The minimum atomic E-state index is -0.904. The number of hydrogen-bond acceptors (Lipinski definition) is 4. The topological polar surface area (TPSA) is 82.0 Å². The summed E-state index contributed by atoms with van der Waals surface area (Å²) in [6.07, 6.45) is 12.5. The first-order valence-corrected chi connectivity index (χ1v) is 9.43. The number of hydrogen-bond donors (Lipinski definition) is 2. The number of nitrogens with zero attached hydrogens (tertiary/aromatic N) is 2. The predicted molar refractivity (Wildman–Crippen MR) is 101 cm³/mol. The molecule has 3 aliphatic heterocycles. The molecular weight excluding hydrogens is 330 g/mol. The number of nitrogens with one attached hydrogen (secondary N) is 1. The fourth-order valence-electron chi connectivity index (χ4n) is 3.90. The maximum atomic E-state index is 12.6. The quantitative estimate of drug-likeness (QED) is 0.653. The summed E-state index contributed by atoms with van der Waals surface area (Å²) in [6.45, 7) is 5.25. The first-order valence-electron chi connectivity index (χ1n) is 9.43. The zero-order valence-corrected chi connectivity index (χ0v) is 15.1. The Morgan fingerprint density at radius 1 is 1.50 bits per heavy atom. The summed E-state index contributed by atoms with van der Waals surface area (Å²) < 4.78 is 0. The lowest BCUT2D eigenvalue weighted by molar-refractivity contribution is -0.139. The molecule has 3 atom stereocenters. The number of carbonyl (C=O) groups is 2. The number of aliphatic imine (C=N–C) groups is 1. The number of dihydropyridines is 1. The molecule has 26 heavy (non-hydrogen) atoms. The molecule has 6 nitrogen and oxygen atoms in total. The van der Waals surface area contributed by atoms with Crippen LogP contribution in [0, 0.1) is 5.92 Å². The fraction of sp³-hybridized carbons (Fsp3) is 0.550. The molecule has 0 bridgehead atoms. The van der Waals surface area contributed by atoms with Crippen LogP contribution in [-0.4, -0.2) is 52.9 Å². The van der Waals surface area contributed by atoms with Crippen LogP contribution in [0.4, 0.5) is 0 Å². The molecule has 0 radical (unpaired) electrons. The Morgan fingerprint density at radius 2 is 2.35 bits per heavy atom. The second-order valence-electron chi connectivity index (χ2n) is 7.13. The summed E-state index contributed by atoms with van der Waals surface area (Å²) in [7, 11) is 0. The van der Waals surface area contributed by atoms with Gasteiger partial charge in [-0.3, -0.25) is 14.6 Å². The van der Waals surface area contributed by atoms with E-state index < -0.39 is 12.0 Å². The summed E-state index contributed by atoms with van der Waals surface area (Å²) in [5, 5.41) is 12.3. The van der Waals surface area contributed by atoms with Gasteiger partial charge in [0.2, 0.25) is 5.91 Å². The van der Waals surface area contributed by atoms with Crippen LogP contribution in [0.3, 0.4) is 0 Å². The van der Waals surface area contributed by atoms with Crippen molar-refractivity contribution in [1.29, 1.82) is 0 Å². The highest BCUT2D eigenvalue weighted by atomic mass is 16.4. The molecule has 2 N–H and O–H groups in total. The number of aliphatic carboxylic acids is 1. The first-order chi connectivity index (χ1) is 12.6. The van der Waals surface area contributed by atoms with E-state index in [0.717, 1.165) is 44.5 Å². The molecule has 0 saturated carbocycles. The molecule has 0 spiro atoms. The van der Waals surface area contributed by atoms with Crippen LogP contribution in [0.2, 0.25) is 0 Å². The molecular formula is C20H27N3O3. The highest BCUT2D eigenvalue weighted by Gasteiger charge is 2.35. The van der Waals surface area contributed by atoms with Gasteiger partial charge >= 0.3 is 5.97 Å². The van der Waals surface area contributed by atoms with Crippen LogP contribution in [0.5, 0.6) is 0 Å². The van der Waals surface area contributed by atoms with E-state index in [1.807, 2.05) is 0 Å². The number of fused-ring (bicyclic) bond motifs is 1. The van der Waals surface area contributed by atoms with E-state index in [1.54, 1.807) is 11.0 Å². The van der Waals surface area contributed by atoms with Gasteiger partial charge in [-0.1, -0.05) is 30.7 Å². The molecule has 1 amide bonds. The van der Waals surface area contributed by atoms with Crippen LogP contribution in [0.15, 0.2) is 41.4 Å². The van der Waals surface area contributed by atoms with Crippen molar-refractivity contribution in [2.75, 3.05) is 13.1 Å². The number of amidine groups is 1. The van der Waals surface area contributed by atoms with Gasteiger partial charge in [0, 0.05) is 24.6 Å². The van der Waals surface area contributed by atoms with Crippen molar-refractivity contribution in [1.82, 2.24) is 10.2 Å².